The first-order chi connectivity index (χ1) is 18.8. The van der Waals surface area contributed by atoms with Crippen molar-refractivity contribution in [3.05, 3.63) is 53.6 Å². The van der Waals surface area contributed by atoms with Crippen LogP contribution in [0.3, 0.4) is 0 Å². The van der Waals surface area contributed by atoms with Gasteiger partial charge in [-0.25, -0.2) is 9.97 Å². The Hall–Kier alpha value is -1.90. The lowest BCUT2D eigenvalue weighted by molar-refractivity contribution is 0.198. The maximum absolute atomic E-state index is 6.16. The van der Waals surface area contributed by atoms with Crippen molar-refractivity contribution in [2.75, 3.05) is 6.61 Å². The highest BCUT2D eigenvalue weighted by Gasteiger charge is 2.24. The molecule has 1 saturated carbocycles. The van der Waals surface area contributed by atoms with E-state index in [0.717, 1.165) is 24.6 Å². The Balaban J connectivity index is 1.24. The largest absolute Gasteiger partial charge is 0.493 e. The molecule has 0 radical (unpaired) electrons. The van der Waals surface area contributed by atoms with Gasteiger partial charge in [0.05, 0.1) is 6.61 Å². The average molecular weight is 521 g/mol. The minimum atomic E-state index is 0.518. The van der Waals surface area contributed by atoms with E-state index in [-0.39, 0.29) is 0 Å². The Morgan fingerprint density at radius 2 is 1.11 bits per heavy atom. The molecule has 3 heteroatoms. The van der Waals surface area contributed by atoms with Crippen LogP contribution in [0.15, 0.2) is 36.7 Å². The Morgan fingerprint density at radius 1 is 0.605 bits per heavy atom. The molecule has 1 fully saturated rings. The van der Waals surface area contributed by atoms with E-state index in [2.05, 4.69) is 50.5 Å². The molecule has 1 aliphatic carbocycles. The molecular weight excluding hydrogens is 464 g/mol. The normalized spacial score (nSPS) is 17.5. The molecule has 0 bridgehead atoms. The predicted molar refractivity (Wildman–Crippen MR) is 162 cm³/mol. The average Bonchev–Trinajstić information content (AvgIpc) is 2.96. The summed E-state index contributed by atoms with van der Waals surface area (Å²) in [5, 5.41) is 0. The Bertz CT molecular complexity index is 824. The maximum Gasteiger partial charge on any atom is 0.131 e. The van der Waals surface area contributed by atoms with Gasteiger partial charge in [0, 0.05) is 18.3 Å². The summed E-state index contributed by atoms with van der Waals surface area (Å²) in [5.41, 5.74) is 2.74. The second kappa shape index (κ2) is 19.2. The van der Waals surface area contributed by atoms with Crippen molar-refractivity contribution >= 4 is 0 Å². The van der Waals surface area contributed by atoms with Gasteiger partial charge in [0.2, 0.25) is 0 Å². The number of rotatable bonds is 20. The number of ether oxygens (including phenoxy) is 1. The molecule has 3 nitrogen and oxygen atoms in total. The summed E-state index contributed by atoms with van der Waals surface area (Å²) in [7, 11) is 0. The van der Waals surface area contributed by atoms with Crippen LogP contribution in [0.1, 0.15) is 152 Å². The standard InChI is InChI=1S/C35H56N2O/c1-3-5-7-9-10-11-12-13-14-16-18-32-27-36-35(37-28-32)33-23-19-31(20-24-33)29-38-34-25-21-30(22-26-34)17-15-8-6-4-2/h21-22,25-28,31,33H,3-20,23-24,29H2,1-2H3/t31-,33-. The van der Waals surface area contributed by atoms with Crippen LogP contribution in [0.5, 0.6) is 5.75 Å². The fourth-order valence-electron chi connectivity index (χ4n) is 5.83. The Morgan fingerprint density at radius 3 is 1.68 bits per heavy atom. The van der Waals surface area contributed by atoms with Crippen LogP contribution in [-0.4, -0.2) is 16.6 Å². The zero-order valence-corrected chi connectivity index (χ0v) is 24.8. The predicted octanol–water partition coefficient (Wildman–Crippen LogP) is 10.4. The second-order valence-corrected chi connectivity index (χ2v) is 11.9. The van der Waals surface area contributed by atoms with Crippen molar-refractivity contribution in [1.82, 2.24) is 9.97 Å². The number of aryl methyl sites for hydroxylation is 2. The number of hydrogen-bond donors (Lipinski definition) is 0. The van der Waals surface area contributed by atoms with Gasteiger partial charge < -0.3 is 4.74 Å². The van der Waals surface area contributed by atoms with Gasteiger partial charge in [0.25, 0.3) is 0 Å². The van der Waals surface area contributed by atoms with Gasteiger partial charge in [-0.1, -0.05) is 103 Å². The summed E-state index contributed by atoms with van der Waals surface area (Å²) in [4.78, 5) is 9.56. The van der Waals surface area contributed by atoms with Crippen molar-refractivity contribution in [3.63, 3.8) is 0 Å². The summed E-state index contributed by atoms with van der Waals surface area (Å²) in [6.07, 6.45) is 30.4. The second-order valence-electron chi connectivity index (χ2n) is 11.9. The molecule has 0 N–H and O–H groups in total. The van der Waals surface area contributed by atoms with Crippen molar-refractivity contribution in [2.24, 2.45) is 5.92 Å². The van der Waals surface area contributed by atoms with Crippen LogP contribution in [0.25, 0.3) is 0 Å². The molecule has 0 atom stereocenters. The fourth-order valence-corrected chi connectivity index (χ4v) is 5.83. The van der Waals surface area contributed by atoms with Crippen molar-refractivity contribution < 1.29 is 4.74 Å². The molecule has 1 aromatic carbocycles. The molecule has 38 heavy (non-hydrogen) atoms. The Kier molecular flexibility index (Phi) is 15.5. The third-order valence-electron chi connectivity index (χ3n) is 8.48. The molecule has 0 spiro atoms. The van der Waals surface area contributed by atoms with E-state index in [1.54, 1.807) is 0 Å². The van der Waals surface area contributed by atoms with Gasteiger partial charge >= 0.3 is 0 Å². The summed E-state index contributed by atoms with van der Waals surface area (Å²) in [5.74, 6) is 3.25. The van der Waals surface area contributed by atoms with E-state index in [1.807, 2.05) is 0 Å². The monoisotopic (exact) mass is 520 g/mol. The molecule has 0 amide bonds. The molecule has 0 unspecified atom stereocenters. The highest BCUT2D eigenvalue weighted by molar-refractivity contribution is 5.27. The first-order valence-corrected chi connectivity index (χ1v) is 16.3. The van der Waals surface area contributed by atoms with Gasteiger partial charge in [-0.2, -0.15) is 0 Å². The number of aromatic nitrogens is 2. The fraction of sp³-hybridized carbons (Fsp3) is 0.714. The molecule has 1 heterocycles. The molecule has 3 rings (SSSR count). The van der Waals surface area contributed by atoms with E-state index >= 15 is 0 Å². The first kappa shape index (κ1) is 30.6. The zero-order chi connectivity index (χ0) is 26.7. The first-order valence-electron chi connectivity index (χ1n) is 16.3. The third-order valence-corrected chi connectivity index (χ3v) is 8.48. The molecule has 0 saturated heterocycles. The molecule has 1 aromatic heterocycles. The highest BCUT2D eigenvalue weighted by atomic mass is 16.5. The quantitative estimate of drug-likeness (QED) is 0.163. The van der Waals surface area contributed by atoms with Gasteiger partial charge in [-0.15, -0.1) is 0 Å². The summed E-state index contributed by atoms with van der Waals surface area (Å²) < 4.78 is 6.16. The molecule has 0 aliphatic heterocycles. The third kappa shape index (κ3) is 12.3. The lowest BCUT2D eigenvalue weighted by Gasteiger charge is -2.27. The van der Waals surface area contributed by atoms with E-state index in [1.165, 1.54) is 133 Å². The SMILES string of the molecule is CCCCCCCCCCCCc1cnc([C@H]2CC[C@H](COc3ccc(CCCCCC)cc3)CC2)nc1. The topological polar surface area (TPSA) is 35.0 Å². The number of benzene rings is 1. The molecule has 1 aliphatic rings. The smallest absolute Gasteiger partial charge is 0.131 e. The van der Waals surface area contributed by atoms with Gasteiger partial charge in [-0.05, 0) is 80.5 Å². The lowest BCUT2D eigenvalue weighted by Crippen LogP contribution is -2.20. The summed E-state index contributed by atoms with van der Waals surface area (Å²) in [6, 6.07) is 8.81. The van der Waals surface area contributed by atoms with E-state index < -0.39 is 0 Å². The van der Waals surface area contributed by atoms with Crippen molar-refractivity contribution in [2.45, 2.75) is 148 Å². The van der Waals surface area contributed by atoms with Crippen LogP contribution >= 0.6 is 0 Å². The van der Waals surface area contributed by atoms with Crippen LogP contribution in [0.2, 0.25) is 0 Å². The number of hydrogen-bond acceptors (Lipinski definition) is 3. The van der Waals surface area contributed by atoms with E-state index in [9.17, 15) is 0 Å². The van der Waals surface area contributed by atoms with E-state index in [4.69, 9.17) is 14.7 Å². The minimum absolute atomic E-state index is 0.518. The van der Waals surface area contributed by atoms with E-state index in [0.29, 0.717) is 11.8 Å². The maximum atomic E-state index is 6.16. The van der Waals surface area contributed by atoms with Crippen LogP contribution in [0, 0.1) is 5.92 Å². The minimum Gasteiger partial charge on any atom is -0.493 e. The van der Waals surface area contributed by atoms with Crippen LogP contribution < -0.4 is 4.74 Å². The van der Waals surface area contributed by atoms with Gasteiger partial charge in [0.1, 0.15) is 11.6 Å². The van der Waals surface area contributed by atoms with Gasteiger partial charge in [-0.3, -0.25) is 0 Å². The Labute approximate surface area is 234 Å². The van der Waals surface area contributed by atoms with Crippen LogP contribution in [0.4, 0.5) is 0 Å². The molecular formula is C35H56N2O. The highest BCUT2D eigenvalue weighted by Crippen LogP contribution is 2.34. The lowest BCUT2D eigenvalue weighted by atomic mass is 9.82. The summed E-state index contributed by atoms with van der Waals surface area (Å²) in [6.45, 7) is 5.39. The zero-order valence-electron chi connectivity index (χ0n) is 24.8. The summed E-state index contributed by atoms with van der Waals surface area (Å²) >= 11 is 0. The number of nitrogens with zero attached hydrogens (tertiary/aromatic N) is 2. The molecule has 212 valence electrons. The van der Waals surface area contributed by atoms with Gasteiger partial charge in [0.15, 0.2) is 0 Å². The molecule has 2 aromatic rings. The van der Waals surface area contributed by atoms with Crippen molar-refractivity contribution in [3.8, 4) is 5.75 Å². The van der Waals surface area contributed by atoms with Crippen molar-refractivity contribution in [1.29, 1.82) is 0 Å². The van der Waals surface area contributed by atoms with Crippen LogP contribution in [-0.2, 0) is 12.8 Å². The number of unbranched alkanes of at least 4 members (excludes halogenated alkanes) is 12.